The van der Waals surface area contributed by atoms with Crippen LogP contribution in [-0.4, -0.2) is 31.6 Å². The molecule has 0 bridgehead atoms. The second-order valence-electron chi connectivity index (χ2n) is 4.15. The summed E-state index contributed by atoms with van der Waals surface area (Å²) in [6, 6.07) is 6.78. The predicted octanol–water partition coefficient (Wildman–Crippen LogP) is 0.635. The highest BCUT2D eigenvalue weighted by Crippen LogP contribution is 2.16. The molecule has 1 saturated heterocycles. The zero-order valence-electron chi connectivity index (χ0n) is 10.6. The topological polar surface area (TPSA) is 76.7 Å². The Labute approximate surface area is 111 Å². The fourth-order valence-corrected chi connectivity index (χ4v) is 1.88. The molecule has 0 unspecified atom stereocenters. The molecule has 1 atom stereocenters. The van der Waals surface area contributed by atoms with Crippen LogP contribution in [0.4, 0.5) is 0 Å². The van der Waals surface area contributed by atoms with Crippen LogP contribution in [0.1, 0.15) is 23.2 Å². The highest BCUT2D eigenvalue weighted by molar-refractivity contribution is 5.98. The van der Waals surface area contributed by atoms with Crippen molar-refractivity contribution < 1.29 is 19.1 Å². The minimum Gasteiger partial charge on any atom is -0.496 e. The van der Waals surface area contributed by atoms with Gasteiger partial charge in [0, 0.05) is 6.61 Å². The van der Waals surface area contributed by atoms with Crippen molar-refractivity contribution in [1.29, 1.82) is 0 Å². The molecule has 0 radical (unpaired) electrons. The minimum absolute atomic E-state index is 0.333. The lowest BCUT2D eigenvalue weighted by Crippen LogP contribution is -2.46. The van der Waals surface area contributed by atoms with Gasteiger partial charge in [0.25, 0.3) is 11.8 Å². The monoisotopic (exact) mass is 264 g/mol. The predicted molar refractivity (Wildman–Crippen MR) is 67.6 cm³/mol. The zero-order chi connectivity index (χ0) is 13.7. The largest absolute Gasteiger partial charge is 0.496 e. The maximum Gasteiger partial charge on any atom is 0.273 e. The van der Waals surface area contributed by atoms with Crippen LogP contribution in [0.5, 0.6) is 5.75 Å². The smallest absolute Gasteiger partial charge is 0.273 e. The van der Waals surface area contributed by atoms with Gasteiger partial charge in [0.05, 0.1) is 12.7 Å². The summed E-state index contributed by atoms with van der Waals surface area (Å²) in [7, 11) is 1.48. The molecule has 0 aliphatic carbocycles. The van der Waals surface area contributed by atoms with Crippen LogP contribution in [0.25, 0.3) is 0 Å². The average molecular weight is 264 g/mol. The van der Waals surface area contributed by atoms with E-state index in [0.717, 1.165) is 6.42 Å². The van der Waals surface area contributed by atoms with E-state index in [-0.39, 0.29) is 5.91 Å². The Morgan fingerprint density at radius 3 is 2.79 bits per heavy atom. The molecular formula is C13H16N2O4. The van der Waals surface area contributed by atoms with Crippen LogP contribution in [0, 0.1) is 0 Å². The van der Waals surface area contributed by atoms with Gasteiger partial charge < -0.3 is 9.47 Å². The van der Waals surface area contributed by atoms with Gasteiger partial charge in [0.2, 0.25) is 0 Å². The summed E-state index contributed by atoms with van der Waals surface area (Å²) in [4.78, 5) is 23.6. The maximum atomic E-state index is 11.9. The van der Waals surface area contributed by atoms with E-state index < -0.39 is 12.0 Å². The van der Waals surface area contributed by atoms with Crippen molar-refractivity contribution in [1.82, 2.24) is 10.9 Å². The molecule has 1 aromatic carbocycles. The summed E-state index contributed by atoms with van der Waals surface area (Å²) in [6.45, 7) is 0.582. The molecule has 0 spiro atoms. The Balaban J connectivity index is 1.92. The van der Waals surface area contributed by atoms with E-state index in [2.05, 4.69) is 10.9 Å². The van der Waals surface area contributed by atoms with Crippen LogP contribution in [0.15, 0.2) is 24.3 Å². The lowest BCUT2D eigenvalue weighted by atomic mass is 10.2. The number of hydrogen-bond donors (Lipinski definition) is 2. The van der Waals surface area contributed by atoms with Gasteiger partial charge in [0.1, 0.15) is 11.9 Å². The number of ether oxygens (including phenoxy) is 2. The molecule has 102 valence electrons. The van der Waals surface area contributed by atoms with Crippen LogP contribution in [0.3, 0.4) is 0 Å². The summed E-state index contributed by atoms with van der Waals surface area (Å²) in [5.41, 5.74) is 5.07. The third-order valence-electron chi connectivity index (χ3n) is 2.87. The summed E-state index contributed by atoms with van der Waals surface area (Å²) >= 11 is 0. The van der Waals surface area contributed by atoms with Gasteiger partial charge in [-0.2, -0.15) is 0 Å². The van der Waals surface area contributed by atoms with Gasteiger partial charge in [-0.15, -0.1) is 0 Å². The Morgan fingerprint density at radius 2 is 2.11 bits per heavy atom. The van der Waals surface area contributed by atoms with Gasteiger partial charge in [0.15, 0.2) is 0 Å². The van der Waals surface area contributed by atoms with Crippen molar-refractivity contribution in [3.8, 4) is 5.75 Å². The Bertz CT molecular complexity index is 469. The molecule has 2 N–H and O–H groups in total. The third kappa shape index (κ3) is 3.23. The van der Waals surface area contributed by atoms with E-state index in [0.29, 0.717) is 24.3 Å². The molecule has 2 amide bonds. The van der Waals surface area contributed by atoms with Crippen molar-refractivity contribution in [3.63, 3.8) is 0 Å². The number of nitrogens with one attached hydrogen (secondary N) is 2. The van der Waals surface area contributed by atoms with Crippen LogP contribution in [0.2, 0.25) is 0 Å². The molecule has 1 heterocycles. The second kappa shape index (κ2) is 6.19. The number of amides is 2. The fraction of sp³-hybridized carbons (Fsp3) is 0.385. The molecule has 1 aliphatic heterocycles. The van der Waals surface area contributed by atoms with Gasteiger partial charge >= 0.3 is 0 Å². The zero-order valence-corrected chi connectivity index (χ0v) is 10.6. The van der Waals surface area contributed by atoms with Crippen molar-refractivity contribution in [3.05, 3.63) is 29.8 Å². The van der Waals surface area contributed by atoms with E-state index in [1.54, 1.807) is 24.3 Å². The molecule has 2 rings (SSSR count). The van der Waals surface area contributed by atoms with Crippen molar-refractivity contribution in [2.24, 2.45) is 0 Å². The van der Waals surface area contributed by atoms with E-state index in [1.165, 1.54) is 7.11 Å². The van der Waals surface area contributed by atoms with Crippen molar-refractivity contribution >= 4 is 11.8 Å². The van der Waals surface area contributed by atoms with Crippen LogP contribution < -0.4 is 15.6 Å². The molecule has 1 aromatic rings. The van der Waals surface area contributed by atoms with Crippen molar-refractivity contribution in [2.75, 3.05) is 13.7 Å². The first-order valence-electron chi connectivity index (χ1n) is 6.07. The molecule has 1 fully saturated rings. The number of methoxy groups -OCH3 is 1. The quantitative estimate of drug-likeness (QED) is 0.785. The Morgan fingerprint density at radius 1 is 1.32 bits per heavy atom. The normalized spacial score (nSPS) is 17.8. The maximum absolute atomic E-state index is 11.9. The van der Waals surface area contributed by atoms with Gasteiger partial charge in [-0.25, -0.2) is 0 Å². The minimum atomic E-state index is -0.474. The van der Waals surface area contributed by atoms with E-state index in [9.17, 15) is 9.59 Å². The number of hydrogen-bond acceptors (Lipinski definition) is 4. The highest BCUT2D eigenvalue weighted by atomic mass is 16.5. The number of carbonyl (C=O) groups is 2. The van der Waals surface area contributed by atoms with Gasteiger partial charge in [-0.3, -0.25) is 20.4 Å². The van der Waals surface area contributed by atoms with Gasteiger partial charge in [-0.1, -0.05) is 12.1 Å². The first-order valence-corrected chi connectivity index (χ1v) is 6.07. The van der Waals surface area contributed by atoms with Gasteiger partial charge in [-0.05, 0) is 25.0 Å². The Hall–Kier alpha value is -2.08. The van der Waals surface area contributed by atoms with E-state index >= 15 is 0 Å². The number of para-hydroxylation sites is 1. The fourth-order valence-electron chi connectivity index (χ4n) is 1.88. The molecule has 6 nitrogen and oxygen atoms in total. The molecular weight excluding hydrogens is 248 g/mol. The second-order valence-corrected chi connectivity index (χ2v) is 4.15. The lowest BCUT2D eigenvalue weighted by Gasteiger charge is -2.12. The third-order valence-corrected chi connectivity index (χ3v) is 2.87. The number of hydrazine groups is 1. The molecule has 19 heavy (non-hydrogen) atoms. The standard InChI is InChI=1S/C13H16N2O4/c1-18-10-6-3-2-5-9(10)12(16)14-15-13(17)11-7-4-8-19-11/h2-3,5-6,11H,4,7-8H2,1H3,(H,14,16)(H,15,17)/t11-/m0/s1. The number of rotatable bonds is 3. The summed E-state index contributed by atoms with van der Waals surface area (Å²) in [5, 5.41) is 0. The van der Waals surface area contributed by atoms with E-state index in [1.807, 2.05) is 0 Å². The number of benzene rings is 1. The summed E-state index contributed by atoms with van der Waals surface area (Å²) in [5.74, 6) is -0.309. The number of carbonyl (C=O) groups excluding carboxylic acids is 2. The average Bonchev–Trinajstić information content (AvgIpc) is 2.98. The molecule has 0 saturated carbocycles. The first-order chi connectivity index (χ1) is 9.22. The molecule has 1 aliphatic rings. The highest BCUT2D eigenvalue weighted by Gasteiger charge is 2.24. The van der Waals surface area contributed by atoms with Crippen LogP contribution in [-0.2, 0) is 9.53 Å². The van der Waals surface area contributed by atoms with Crippen LogP contribution >= 0.6 is 0 Å². The lowest BCUT2D eigenvalue weighted by molar-refractivity contribution is -0.130. The SMILES string of the molecule is COc1ccccc1C(=O)NNC(=O)[C@@H]1CCCO1. The molecule has 0 aromatic heterocycles. The summed E-state index contributed by atoms with van der Waals surface area (Å²) < 4.78 is 10.3. The first kappa shape index (κ1) is 13.4. The molecule has 6 heteroatoms. The van der Waals surface area contributed by atoms with Crippen molar-refractivity contribution in [2.45, 2.75) is 18.9 Å². The Kier molecular flexibility index (Phi) is 4.35. The van der Waals surface area contributed by atoms with E-state index in [4.69, 9.17) is 9.47 Å². The summed E-state index contributed by atoms with van der Waals surface area (Å²) in [6.07, 6.45) is 1.06.